The zero-order valence-electron chi connectivity index (χ0n) is 46.5. The zero-order chi connectivity index (χ0) is 56.2. The van der Waals surface area contributed by atoms with Crippen molar-refractivity contribution in [3.05, 3.63) is 106 Å². The standard InChI is InChI=1S/C59H84N8O9S/c1-35(60-8)53(72)65-51(59(6,7)77-34-50(71)62-43(32-68)33-69)49(70)30-41(55(74)63-46-22-14-18-39-16-10-12-20-44(39)46)28-37-24-26-38(27-25-37)42-29-48(56(75)64-47-23-15-19-40-17-11-13-21-45(40)47)67(31-42)57(76)52(58(3,4)5)66-54(73)36(2)61-9/h10-13,16-17,20-21,24-27,35-36,41-43,46-48,51-52,60-61,68-69H,14-15,18-19,22-23,28-34H2,1-9H3,(H,62,71)(H,63,74)(H,64,75)(H,65,72)(H,66,73)/t35-,36-,41+,42-,46?,47?,48-,51+,52+/m0/s1. The Kier molecular flexibility index (Phi) is 21.5. The van der Waals surface area contributed by atoms with Crippen LogP contribution >= 0.6 is 11.8 Å². The Morgan fingerprint density at radius 3 is 1.75 bits per heavy atom. The highest BCUT2D eigenvalue weighted by Crippen LogP contribution is 2.38. The van der Waals surface area contributed by atoms with Crippen LogP contribution in [0.25, 0.3) is 0 Å². The molecule has 0 saturated carbocycles. The van der Waals surface area contributed by atoms with Crippen molar-refractivity contribution in [1.82, 2.24) is 42.1 Å². The largest absolute Gasteiger partial charge is 0.394 e. The fourth-order valence-electron chi connectivity index (χ4n) is 10.8. The predicted octanol–water partition coefficient (Wildman–Crippen LogP) is 4.09. The SMILES string of the molecule is CN[C@@H](C)C(=O)N[C@H](C(=O)N1C[C@@H](c2ccc(C[C@H](CC(=O)[C@@H](NC(=O)[C@H](C)NC)C(C)(C)SCC(=O)NC(CO)CO)C(=O)NC3CCCc4ccccc43)cc2)C[C@H]1C(=O)NC1CCCc2ccccc21)C(C)(C)C. The molecular weight excluding hydrogens is 997 g/mol. The third-order valence-corrected chi connectivity index (χ3v) is 17.1. The first-order chi connectivity index (χ1) is 36.6. The molecule has 0 aromatic heterocycles. The lowest BCUT2D eigenvalue weighted by atomic mass is 9.85. The van der Waals surface area contributed by atoms with Gasteiger partial charge in [-0.2, -0.15) is 0 Å². The minimum atomic E-state index is -1.13. The molecule has 3 aliphatic rings. The van der Waals surface area contributed by atoms with Crippen LogP contribution in [0.15, 0.2) is 72.8 Å². The number of likely N-dealkylation sites (N-methyl/N-ethyl adjacent to an activating group) is 2. The molecule has 2 unspecified atom stereocenters. The van der Waals surface area contributed by atoms with Gasteiger partial charge in [0.15, 0.2) is 5.78 Å². The smallest absolute Gasteiger partial charge is 0.246 e. The summed E-state index contributed by atoms with van der Waals surface area (Å²) in [6.07, 6.45) is 5.38. The van der Waals surface area contributed by atoms with E-state index in [9.17, 15) is 43.8 Å². The van der Waals surface area contributed by atoms with Gasteiger partial charge in [0, 0.05) is 29.5 Å². The number of nitrogens with zero attached hydrogens (tertiary/aromatic N) is 1. The Bertz CT molecular complexity index is 2550. The van der Waals surface area contributed by atoms with Crippen molar-refractivity contribution in [2.24, 2.45) is 11.3 Å². The number of amides is 6. The molecule has 420 valence electrons. The molecule has 6 rings (SSSR count). The number of nitrogens with one attached hydrogen (secondary N) is 7. The predicted molar refractivity (Wildman–Crippen MR) is 300 cm³/mol. The summed E-state index contributed by atoms with van der Waals surface area (Å²) in [4.78, 5) is 101. The molecule has 0 spiro atoms. The third-order valence-electron chi connectivity index (χ3n) is 15.7. The molecule has 1 fully saturated rings. The van der Waals surface area contributed by atoms with Crippen molar-refractivity contribution in [2.75, 3.05) is 39.6 Å². The normalized spacial score (nSPS) is 20.3. The van der Waals surface area contributed by atoms with E-state index in [4.69, 9.17) is 0 Å². The Labute approximate surface area is 459 Å². The number of ketones is 1. The molecular formula is C59H84N8O9S. The third kappa shape index (κ3) is 15.8. The number of aryl methyl sites for hydroxylation is 2. The van der Waals surface area contributed by atoms with E-state index in [2.05, 4.69) is 55.4 Å². The van der Waals surface area contributed by atoms with Crippen LogP contribution in [-0.4, -0.2) is 137 Å². The summed E-state index contributed by atoms with van der Waals surface area (Å²) in [6.45, 7) is 11.9. The van der Waals surface area contributed by atoms with E-state index in [0.29, 0.717) is 6.42 Å². The van der Waals surface area contributed by atoms with Gasteiger partial charge < -0.3 is 52.3 Å². The number of Topliss-reactive ketones (excluding diaryl/α,β-unsaturated/α-hetero) is 1. The van der Waals surface area contributed by atoms with Gasteiger partial charge in [-0.15, -0.1) is 11.8 Å². The molecule has 17 nitrogen and oxygen atoms in total. The number of fused-ring (bicyclic) bond motifs is 2. The number of carbonyl (C=O) groups excluding carboxylic acids is 7. The molecule has 77 heavy (non-hydrogen) atoms. The number of thioether (sulfide) groups is 1. The number of aliphatic hydroxyl groups is 2. The van der Waals surface area contributed by atoms with Crippen molar-refractivity contribution in [2.45, 2.75) is 165 Å². The van der Waals surface area contributed by atoms with Gasteiger partial charge in [0.1, 0.15) is 18.1 Å². The van der Waals surface area contributed by atoms with E-state index < -0.39 is 83.1 Å². The highest BCUT2D eigenvalue weighted by molar-refractivity contribution is 8.01. The second-order valence-corrected chi connectivity index (χ2v) is 24.5. The van der Waals surface area contributed by atoms with Crippen LogP contribution < -0.4 is 37.2 Å². The Morgan fingerprint density at radius 2 is 1.22 bits per heavy atom. The van der Waals surface area contributed by atoms with E-state index in [1.54, 1.807) is 46.7 Å². The fourth-order valence-corrected chi connectivity index (χ4v) is 11.7. The monoisotopic (exact) mass is 1080 g/mol. The average Bonchev–Trinajstić information content (AvgIpc) is 3.89. The summed E-state index contributed by atoms with van der Waals surface area (Å²) in [5.74, 6) is -3.81. The van der Waals surface area contributed by atoms with E-state index >= 15 is 0 Å². The second-order valence-electron chi connectivity index (χ2n) is 22.8. The lowest BCUT2D eigenvalue weighted by Gasteiger charge is -2.36. The topological polar surface area (TPSA) is 247 Å². The molecule has 3 aromatic carbocycles. The molecule has 6 amide bonds. The van der Waals surface area contributed by atoms with Gasteiger partial charge in [-0.05, 0) is 132 Å². The van der Waals surface area contributed by atoms with E-state index in [-0.39, 0.29) is 66.8 Å². The van der Waals surface area contributed by atoms with Gasteiger partial charge >= 0.3 is 0 Å². The van der Waals surface area contributed by atoms with Crippen LogP contribution in [0.2, 0.25) is 0 Å². The maximum absolute atomic E-state index is 14.9. The number of hydrogen-bond donors (Lipinski definition) is 9. The molecule has 9 N–H and O–H groups in total. The van der Waals surface area contributed by atoms with Crippen molar-refractivity contribution in [3.63, 3.8) is 0 Å². The second kappa shape index (κ2) is 27.3. The first-order valence-electron chi connectivity index (χ1n) is 27.4. The van der Waals surface area contributed by atoms with Gasteiger partial charge in [-0.25, -0.2) is 0 Å². The highest BCUT2D eigenvalue weighted by atomic mass is 32.2. The lowest BCUT2D eigenvalue weighted by molar-refractivity contribution is -0.144. The van der Waals surface area contributed by atoms with Crippen molar-refractivity contribution >= 4 is 53.0 Å². The number of aliphatic hydroxyl groups excluding tert-OH is 2. The highest BCUT2D eigenvalue weighted by Gasteiger charge is 2.46. The molecule has 18 heteroatoms. The summed E-state index contributed by atoms with van der Waals surface area (Å²) < 4.78 is -1.06. The molecule has 0 bridgehead atoms. The molecule has 1 heterocycles. The molecule has 0 radical (unpaired) electrons. The van der Waals surface area contributed by atoms with Crippen molar-refractivity contribution in [3.8, 4) is 0 Å². The zero-order valence-corrected chi connectivity index (χ0v) is 47.3. The summed E-state index contributed by atoms with van der Waals surface area (Å²) in [5.41, 5.74) is 5.44. The Balaban J connectivity index is 1.29. The molecule has 1 saturated heterocycles. The molecule has 9 atom stereocenters. The molecule has 2 aliphatic carbocycles. The Morgan fingerprint density at radius 1 is 0.688 bits per heavy atom. The summed E-state index contributed by atoms with van der Waals surface area (Å²) >= 11 is 1.14. The first-order valence-corrected chi connectivity index (χ1v) is 28.4. The average molecular weight is 1080 g/mol. The summed E-state index contributed by atoms with van der Waals surface area (Å²) in [6, 6.07) is 18.5. The summed E-state index contributed by atoms with van der Waals surface area (Å²) in [5, 5.41) is 40.0. The van der Waals surface area contributed by atoms with Gasteiger partial charge in [0.2, 0.25) is 35.4 Å². The van der Waals surface area contributed by atoms with E-state index in [1.165, 1.54) is 5.56 Å². The van der Waals surface area contributed by atoms with Crippen molar-refractivity contribution < 1.29 is 43.8 Å². The van der Waals surface area contributed by atoms with Crippen LogP contribution in [0.4, 0.5) is 0 Å². The van der Waals surface area contributed by atoms with Crippen LogP contribution in [0.5, 0.6) is 0 Å². The number of rotatable bonds is 24. The van der Waals surface area contributed by atoms with E-state index in [0.717, 1.165) is 78.1 Å². The quantitative estimate of drug-likeness (QED) is 0.0616. The Hall–Kier alpha value is -5.66. The van der Waals surface area contributed by atoms with Crippen LogP contribution in [0, 0.1) is 11.3 Å². The lowest BCUT2D eigenvalue weighted by Crippen LogP contribution is -2.59. The van der Waals surface area contributed by atoms with Gasteiger partial charge in [0.25, 0.3) is 0 Å². The van der Waals surface area contributed by atoms with Gasteiger partial charge in [-0.1, -0.05) is 93.6 Å². The van der Waals surface area contributed by atoms with Crippen LogP contribution in [0.3, 0.4) is 0 Å². The summed E-state index contributed by atoms with van der Waals surface area (Å²) in [7, 11) is 3.31. The van der Waals surface area contributed by atoms with Crippen LogP contribution in [0.1, 0.15) is 138 Å². The number of likely N-dealkylation sites (tertiary alicyclic amines) is 1. The molecule has 3 aromatic rings. The number of benzene rings is 3. The minimum Gasteiger partial charge on any atom is -0.394 e. The molecule has 1 aliphatic heterocycles. The number of hydrogen-bond acceptors (Lipinski definition) is 12. The van der Waals surface area contributed by atoms with Gasteiger partial charge in [-0.3, -0.25) is 33.6 Å². The van der Waals surface area contributed by atoms with Crippen molar-refractivity contribution in [1.29, 1.82) is 0 Å². The van der Waals surface area contributed by atoms with Gasteiger partial charge in [0.05, 0.1) is 49.2 Å². The first kappa shape index (κ1) is 60.6. The maximum Gasteiger partial charge on any atom is 0.246 e. The minimum absolute atomic E-state index is 0.140. The fraction of sp³-hybridized carbons (Fsp3) is 0.576. The van der Waals surface area contributed by atoms with Crippen LogP contribution in [-0.2, 0) is 52.8 Å². The number of carbonyl (C=O) groups is 7. The van der Waals surface area contributed by atoms with E-state index in [1.807, 2.05) is 75.4 Å². The maximum atomic E-state index is 14.9.